The molecule has 1 aliphatic heterocycles. The van der Waals surface area contributed by atoms with E-state index in [1.165, 1.54) is 29.5 Å². The highest BCUT2D eigenvalue weighted by Gasteiger charge is 2.17. The number of thiazole rings is 1. The van der Waals surface area contributed by atoms with Crippen LogP contribution in [0.4, 0.5) is 9.52 Å². The Hall–Kier alpha value is -1.31. The SMILES string of the molecule is O=C(Nc1nc2c(s1)CNCC2)c1ccc(F)c(Br)c1. The number of rotatable bonds is 2. The van der Waals surface area contributed by atoms with Crippen molar-refractivity contribution in [3.05, 3.63) is 44.6 Å². The van der Waals surface area contributed by atoms with Gasteiger partial charge in [0.25, 0.3) is 5.91 Å². The first-order valence-corrected chi connectivity index (χ1v) is 7.70. The molecule has 1 amide bonds. The van der Waals surface area contributed by atoms with Crippen molar-refractivity contribution in [2.75, 3.05) is 11.9 Å². The highest BCUT2D eigenvalue weighted by molar-refractivity contribution is 9.10. The molecule has 1 aliphatic rings. The van der Waals surface area contributed by atoms with E-state index in [2.05, 4.69) is 31.5 Å². The summed E-state index contributed by atoms with van der Waals surface area (Å²) < 4.78 is 13.4. The molecule has 2 heterocycles. The minimum Gasteiger partial charge on any atom is -0.311 e. The second-order valence-corrected chi connectivity index (χ2v) is 6.34. The second kappa shape index (κ2) is 5.59. The zero-order chi connectivity index (χ0) is 14.1. The molecular formula is C13H11BrFN3OS. The summed E-state index contributed by atoms with van der Waals surface area (Å²) in [5.74, 6) is -0.679. The molecule has 0 aliphatic carbocycles. The fraction of sp³-hybridized carbons (Fsp3) is 0.231. The van der Waals surface area contributed by atoms with Gasteiger partial charge in [-0.3, -0.25) is 10.1 Å². The molecule has 104 valence electrons. The fourth-order valence-corrected chi connectivity index (χ4v) is 3.34. The van der Waals surface area contributed by atoms with Crippen molar-refractivity contribution in [1.82, 2.24) is 10.3 Å². The van der Waals surface area contributed by atoms with Crippen molar-refractivity contribution < 1.29 is 9.18 Å². The van der Waals surface area contributed by atoms with Crippen molar-refractivity contribution in [3.63, 3.8) is 0 Å². The van der Waals surface area contributed by atoms with Crippen LogP contribution in [0.15, 0.2) is 22.7 Å². The average molecular weight is 356 g/mol. The molecule has 20 heavy (non-hydrogen) atoms. The van der Waals surface area contributed by atoms with Crippen LogP contribution >= 0.6 is 27.3 Å². The molecule has 0 atom stereocenters. The molecule has 7 heteroatoms. The molecule has 3 rings (SSSR count). The summed E-state index contributed by atoms with van der Waals surface area (Å²) in [6.45, 7) is 1.71. The van der Waals surface area contributed by atoms with Gasteiger partial charge in [0, 0.05) is 30.0 Å². The summed E-state index contributed by atoms with van der Waals surface area (Å²) in [5, 5.41) is 6.61. The first kappa shape index (κ1) is 13.7. The number of hydrogen-bond acceptors (Lipinski definition) is 4. The van der Waals surface area contributed by atoms with Gasteiger partial charge in [-0.15, -0.1) is 11.3 Å². The van der Waals surface area contributed by atoms with Gasteiger partial charge in [0.1, 0.15) is 5.82 Å². The molecule has 0 radical (unpaired) electrons. The van der Waals surface area contributed by atoms with Crippen molar-refractivity contribution in [2.24, 2.45) is 0 Å². The van der Waals surface area contributed by atoms with Crippen LogP contribution in [0.5, 0.6) is 0 Å². The van der Waals surface area contributed by atoms with E-state index in [4.69, 9.17) is 0 Å². The van der Waals surface area contributed by atoms with E-state index in [1.807, 2.05) is 0 Å². The smallest absolute Gasteiger partial charge is 0.257 e. The average Bonchev–Trinajstić information content (AvgIpc) is 2.83. The second-order valence-electron chi connectivity index (χ2n) is 4.40. The van der Waals surface area contributed by atoms with Crippen LogP contribution in [0.1, 0.15) is 20.9 Å². The maximum Gasteiger partial charge on any atom is 0.257 e. The zero-order valence-corrected chi connectivity index (χ0v) is 12.8. The molecule has 0 spiro atoms. The number of nitrogens with zero attached hydrogens (tertiary/aromatic N) is 1. The Morgan fingerprint density at radius 1 is 1.50 bits per heavy atom. The van der Waals surface area contributed by atoms with Gasteiger partial charge in [0.15, 0.2) is 5.13 Å². The monoisotopic (exact) mass is 355 g/mol. The predicted octanol–water partition coefficient (Wildman–Crippen LogP) is 2.94. The topological polar surface area (TPSA) is 54.0 Å². The van der Waals surface area contributed by atoms with E-state index < -0.39 is 5.82 Å². The van der Waals surface area contributed by atoms with Crippen LogP contribution in [0.3, 0.4) is 0 Å². The third-order valence-electron chi connectivity index (χ3n) is 3.00. The van der Waals surface area contributed by atoms with Gasteiger partial charge in [-0.25, -0.2) is 9.37 Å². The van der Waals surface area contributed by atoms with E-state index in [-0.39, 0.29) is 10.4 Å². The Morgan fingerprint density at radius 2 is 2.35 bits per heavy atom. The normalized spacial score (nSPS) is 13.9. The Labute approximate surface area is 127 Å². The molecular weight excluding hydrogens is 345 g/mol. The maximum atomic E-state index is 13.1. The number of benzene rings is 1. The summed E-state index contributed by atoms with van der Waals surface area (Å²) in [6.07, 6.45) is 0.879. The van der Waals surface area contributed by atoms with Gasteiger partial charge in [0.05, 0.1) is 10.2 Å². The first-order chi connectivity index (χ1) is 9.63. The Balaban J connectivity index is 1.78. The van der Waals surface area contributed by atoms with E-state index >= 15 is 0 Å². The van der Waals surface area contributed by atoms with E-state index in [9.17, 15) is 9.18 Å². The Bertz CT molecular complexity index is 650. The molecule has 1 aromatic carbocycles. The molecule has 0 unspecified atom stereocenters. The summed E-state index contributed by atoms with van der Waals surface area (Å²) in [4.78, 5) is 17.7. The molecule has 0 saturated heterocycles. The summed E-state index contributed by atoms with van der Waals surface area (Å²) in [5.41, 5.74) is 1.44. The van der Waals surface area contributed by atoms with Gasteiger partial charge in [0.2, 0.25) is 0 Å². The number of amides is 1. The van der Waals surface area contributed by atoms with E-state index in [0.717, 1.165) is 30.1 Å². The van der Waals surface area contributed by atoms with Crippen molar-refractivity contribution in [2.45, 2.75) is 13.0 Å². The fourth-order valence-electron chi connectivity index (χ4n) is 1.99. The number of halogens is 2. The standard InChI is InChI=1S/C13H11BrFN3OS/c14-8-5-7(1-2-9(8)15)12(19)18-13-17-10-3-4-16-6-11(10)20-13/h1-2,5,16H,3-4,6H2,(H,17,18,19). The van der Waals surface area contributed by atoms with Crippen molar-refractivity contribution in [1.29, 1.82) is 0 Å². The largest absolute Gasteiger partial charge is 0.311 e. The lowest BCUT2D eigenvalue weighted by Crippen LogP contribution is -2.22. The van der Waals surface area contributed by atoms with Gasteiger partial charge in [-0.2, -0.15) is 0 Å². The number of carbonyl (C=O) groups is 1. The number of aromatic nitrogens is 1. The van der Waals surface area contributed by atoms with Crippen molar-refractivity contribution >= 4 is 38.3 Å². The molecule has 4 nitrogen and oxygen atoms in total. The number of carbonyl (C=O) groups excluding carboxylic acids is 1. The molecule has 1 aromatic heterocycles. The van der Waals surface area contributed by atoms with Gasteiger partial charge in [-0.05, 0) is 34.1 Å². The lowest BCUT2D eigenvalue weighted by molar-refractivity contribution is 0.102. The van der Waals surface area contributed by atoms with Crippen LogP contribution in [0.25, 0.3) is 0 Å². The highest BCUT2D eigenvalue weighted by atomic mass is 79.9. The van der Waals surface area contributed by atoms with Gasteiger partial charge < -0.3 is 5.32 Å². The molecule has 2 N–H and O–H groups in total. The number of anilines is 1. The predicted molar refractivity (Wildman–Crippen MR) is 79.6 cm³/mol. The van der Waals surface area contributed by atoms with Crippen molar-refractivity contribution in [3.8, 4) is 0 Å². The maximum absolute atomic E-state index is 13.1. The molecule has 0 bridgehead atoms. The van der Waals surface area contributed by atoms with Crippen LogP contribution in [0.2, 0.25) is 0 Å². The summed E-state index contributed by atoms with van der Waals surface area (Å²) >= 11 is 4.54. The Morgan fingerprint density at radius 3 is 3.10 bits per heavy atom. The van der Waals surface area contributed by atoms with Gasteiger partial charge >= 0.3 is 0 Å². The number of fused-ring (bicyclic) bond motifs is 1. The quantitative estimate of drug-likeness (QED) is 0.870. The van der Waals surface area contributed by atoms with Crippen LogP contribution in [0, 0.1) is 5.82 Å². The lowest BCUT2D eigenvalue weighted by Gasteiger charge is -2.09. The molecule has 0 fully saturated rings. The highest BCUT2D eigenvalue weighted by Crippen LogP contribution is 2.26. The zero-order valence-electron chi connectivity index (χ0n) is 10.4. The molecule has 0 saturated carbocycles. The van der Waals surface area contributed by atoms with Crippen LogP contribution in [-0.2, 0) is 13.0 Å². The van der Waals surface area contributed by atoms with Crippen LogP contribution < -0.4 is 10.6 Å². The van der Waals surface area contributed by atoms with E-state index in [0.29, 0.717) is 10.7 Å². The van der Waals surface area contributed by atoms with Crippen LogP contribution in [-0.4, -0.2) is 17.4 Å². The van der Waals surface area contributed by atoms with Gasteiger partial charge in [-0.1, -0.05) is 0 Å². The van der Waals surface area contributed by atoms with E-state index in [1.54, 1.807) is 0 Å². The minimum absolute atomic E-state index is 0.271. The lowest BCUT2D eigenvalue weighted by atomic mass is 10.2. The minimum atomic E-state index is -0.391. The molecule has 2 aromatic rings. The third kappa shape index (κ3) is 2.74. The first-order valence-electron chi connectivity index (χ1n) is 6.09. The number of nitrogens with one attached hydrogen (secondary N) is 2. The Kier molecular flexibility index (Phi) is 3.82. The number of hydrogen-bond donors (Lipinski definition) is 2. The third-order valence-corrected chi connectivity index (χ3v) is 4.63. The summed E-state index contributed by atoms with van der Waals surface area (Å²) in [6, 6.07) is 4.17. The summed E-state index contributed by atoms with van der Waals surface area (Å²) in [7, 11) is 0.